The summed E-state index contributed by atoms with van der Waals surface area (Å²) in [5.41, 5.74) is 3.69. The molecular formula is C24H22N2O4S. The Morgan fingerprint density at radius 1 is 1.06 bits per heavy atom. The maximum atomic E-state index is 12.6. The van der Waals surface area contributed by atoms with Crippen LogP contribution in [0.2, 0.25) is 0 Å². The van der Waals surface area contributed by atoms with Crippen molar-refractivity contribution in [3.8, 4) is 5.75 Å². The first kappa shape index (κ1) is 20.8. The number of carbonyl (C=O) groups excluding carboxylic acids is 1. The van der Waals surface area contributed by atoms with E-state index in [0.717, 1.165) is 18.6 Å². The molecule has 7 heteroatoms. The van der Waals surface area contributed by atoms with E-state index in [1.54, 1.807) is 13.8 Å². The van der Waals surface area contributed by atoms with Crippen LogP contribution < -0.4 is 21.0 Å². The fraction of sp³-hybridized carbons (Fsp3) is 0.208. The Bertz CT molecular complexity index is 1170. The quantitative estimate of drug-likeness (QED) is 0.606. The second kappa shape index (κ2) is 8.73. The number of rotatable bonds is 4. The van der Waals surface area contributed by atoms with Crippen molar-refractivity contribution in [3.63, 3.8) is 0 Å². The van der Waals surface area contributed by atoms with E-state index in [-0.39, 0.29) is 17.0 Å². The van der Waals surface area contributed by atoms with Crippen molar-refractivity contribution in [1.82, 2.24) is 5.32 Å². The van der Waals surface area contributed by atoms with Crippen LogP contribution in [0.25, 0.3) is 0 Å². The summed E-state index contributed by atoms with van der Waals surface area (Å²) in [5, 5.41) is 5.77. The van der Waals surface area contributed by atoms with E-state index in [1.165, 1.54) is 17.2 Å². The highest BCUT2D eigenvalue weighted by Gasteiger charge is 2.22. The predicted molar refractivity (Wildman–Crippen MR) is 123 cm³/mol. The van der Waals surface area contributed by atoms with Gasteiger partial charge in [0.2, 0.25) is 0 Å². The number of hydrogen-bond acceptors (Lipinski definition) is 5. The van der Waals surface area contributed by atoms with Crippen molar-refractivity contribution < 1.29 is 13.9 Å². The predicted octanol–water partition coefficient (Wildman–Crippen LogP) is 3.93. The van der Waals surface area contributed by atoms with Gasteiger partial charge in [0.05, 0.1) is 5.56 Å². The maximum Gasteiger partial charge on any atom is 0.336 e. The van der Waals surface area contributed by atoms with Gasteiger partial charge in [-0.1, -0.05) is 30.3 Å². The van der Waals surface area contributed by atoms with Crippen LogP contribution in [0.15, 0.2) is 63.8 Å². The van der Waals surface area contributed by atoms with E-state index in [2.05, 4.69) is 22.8 Å². The minimum Gasteiger partial charge on any atom is -0.490 e. The van der Waals surface area contributed by atoms with E-state index in [4.69, 9.17) is 21.4 Å². The molecule has 2 aromatic carbocycles. The molecule has 1 aromatic heterocycles. The zero-order valence-corrected chi connectivity index (χ0v) is 18.0. The lowest BCUT2D eigenvalue weighted by atomic mass is 10.1. The number of amides is 1. The number of anilines is 1. The highest BCUT2D eigenvalue weighted by atomic mass is 32.1. The Kier molecular flexibility index (Phi) is 5.86. The van der Waals surface area contributed by atoms with Crippen LogP contribution in [0.1, 0.15) is 32.8 Å². The van der Waals surface area contributed by atoms with Gasteiger partial charge in [0.15, 0.2) is 5.11 Å². The molecule has 0 aliphatic heterocycles. The van der Waals surface area contributed by atoms with Crippen LogP contribution in [0, 0.1) is 13.8 Å². The highest BCUT2D eigenvalue weighted by Crippen LogP contribution is 2.27. The Labute approximate surface area is 185 Å². The van der Waals surface area contributed by atoms with Crippen molar-refractivity contribution in [3.05, 3.63) is 93.0 Å². The summed E-state index contributed by atoms with van der Waals surface area (Å²) in [6.45, 7) is 3.25. The number of benzene rings is 2. The van der Waals surface area contributed by atoms with Crippen LogP contribution in [0.4, 0.5) is 5.69 Å². The first-order chi connectivity index (χ1) is 14.9. The molecule has 1 aliphatic carbocycles. The Hall–Kier alpha value is -3.45. The molecule has 6 nitrogen and oxygen atoms in total. The highest BCUT2D eigenvalue weighted by molar-refractivity contribution is 7.80. The number of carbonyl (C=O) groups is 1. The molecule has 0 radical (unpaired) electrons. The van der Waals surface area contributed by atoms with Crippen LogP contribution in [0.3, 0.4) is 0 Å². The summed E-state index contributed by atoms with van der Waals surface area (Å²) < 4.78 is 11.2. The summed E-state index contributed by atoms with van der Waals surface area (Å²) in [4.78, 5) is 24.0. The van der Waals surface area contributed by atoms with Gasteiger partial charge in [-0.2, -0.15) is 0 Å². The number of nitrogens with one attached hydrogen (secondary N) is 2. The number of thiocarbonyl (C=S) groups is 1. The molecule has 4 rings (SSSR count). The molecule has 1 amide bonds. The van der Waals surface area contributed by atoms with E-state index in [1.807, 2.05) is 36.4 Å². The smallest absolute Gasteiger partial charge is 0.336 e. The summed E-state index contributed by atoms with van der Waals surface area (Å²) in [6, 6.07) is 17.1. The van der Waals surface area contributed by atoms with Crippen molar-refractivity contribution >= 4 is 28.9 Å². The third-order valence-electron chi connectivity index (χ3n) is 5.20. The molecule has 0 atom stereocenters. The zero-order valence-electron chi connectivity index (χ0n) is 17.2. The van der Waals surface area contributed by atoms with Gasteiger partial charge in [-0.25, -0.2) is 4.79 Å². The van der Waals surface area contributed by atoms with Gasteiger partial charge in [0.25, 0.3) is 5.91 Å². The molecule has 1 aliphatic rings. The lowest BCUT2D eigenvalue weighted by Crippen LogP contribution is -2.35. The molecule has 0 spiro atoms. The standard InChI is InChI=1S/C24H22N2O4S/c1-14-10-21(27)29-15(2)22(14)23(28)26-24(31)25-18-8-5-9-19(13-18)30-20-11-16-6-3-4-7-17(16)12-20/h3-10,13,20H,11-12H2,1-2H3,(H2,25,26,28,31). The summed E-state index contributed by atoms with van der Waals surface area (Å²) in [7, 11) is 0. The Balaban J connectivity index is 1.38. The molecule has 0 unspecified atom stereocenters. The summed E-state index contributed by atoms with van der Waals surface area (Å²) in [5.74, 6) is 0.541. The van der Waals surface area contributed by atoms with Crippen molar-refractivity contribution in [2.75, 3.05) is 5.32 Å². The zero-order chi connectivity index (χ0) is 22.0. The monoisotopic (exact) mass is 434 g/mol. The molecule has 2 N–H and O–H groups in total. The van der Waals surface area contributed by atoms with E-state index < -0.39 is 11.5 Å². The molecule has 0 fully saturated rings. The Morgan fingerprint density at radius 3 is 2.45 bits per heavy atom. The van der Waals surface area contributed by atoms with E-state index in [9.17, 15) is 9.59 Å². The van der Waals surface area contributed by atoms with Crippen molar-refractivity contribution in [2.45, 2.75) is 32.8 Å². The van der Waals surface area contributed by atoms with Crippen LogP contribution in [-0.2, 0) is 12.8 Å². The first-order valence-corrected chi connectivity index (χ1v) is 10.4. The van der Waals surface area contributed by atoms with Crippen LogP contribution in [-0.4, -0.2) is 17.1 Å². The van der Waals surface area contributed by atoms with Gasteiger partial charge in [-0.05, 0) is 54.9 Å². The molecule has 31 heavy (non-hydrogen) atoms. The second-order valence-corrected chi connectivity index (χ2v) is 7.94. The summed E-state index contributed by atoms with van der Waals surface area (Å²) >= 11 is 5.28. The normalized spacial score (nSPS) is 12.8. The van der Waals surface area contributed by atoms with Crippen LogP contribution >= 0.6 is 12.2 Å². The van der Waals surface area contributed by atoms with Gasteiger partial charge < -0.3 is 14.5 Å². The Morgan fingerprint density at radius 2 is 1.77 bits per heavy atom. The first-order valence-electron chi connectivity index (χ1n) is 9.96. The van der Waals surface area contributed by atoms with Gasteiger partial charge in [-0.15, -0.1) is 0 Å². The van der Waals surface area contributed by atoms with Gasteiger partial charge in [-0.3, -0.25) is 10.1 Å². The topological polar surface area (TPSA) is 80.6 Å². The number of hydrogen-bond donors (Lipinski definition) is 2. The number of aryl methyl sites for hydroxylation is 2. The van der Waals surface area contributed by atoms with Gasteiger partial charge in [0.1, 0.15) is 17.6 Å². The van der Waals surface area contributed by atoms with Gasteiger partial charge >= 0.3 is 5.63 Å². The van der Waals surface area contributed by atoms with Crippen molar-refractivity contribution in [1.29, 1.82) is 0 Å². The van der Waals surface area contributed by atoms with E-state index >= 15 is 0 Å². The van der Waals surface area contributed by atoms with Crippen molar-refractivity contribution in [2.24, 2.45) is 0 Å². The SMILES string of the molecule is Cc1cc(=O)oc(C)c1C(=O)NC(=S)Nc1cccc(OC2Cc3ccccc3C2)c1. The largest absolute Gasteiger partial charge is 0.490 e. The lowest BCUT2D eigenvalue weighted by molar-refractivity contribution is 0.0973. The lowest BCUT2D eigenvalue weighted by Gasteiger charge is -2.15. The molecule has 158 valence electrons. The summed E-state index contributed by atoms with van der Waals surface area (Å²) in [6.07, 6.45) is 1.86. The second-order valence-electron chi connectivity index (χ2n) is 7.53. The fourth-order valence-electron chi connectivity index (χ4n) is 3.87. The molecule has 0 bridgehead atoms. The minimum absolute atomic E-state index is 0.0954. The molecule has 0 saturated heterocycles. The number of fused-ring (bicyclic) bond motifs is 1. The molecule has 0 saturated carbocycles. The van der Waals surface area contributed by atoms with Crippen LogP contribution in [0.5, 0.6) is 5.75 Å². The maximum absolute atomic E-state index is 12.6. The third kappa shape index (κ3) is 4.83. The number of ether oxygens (including phenoxy) is 1. The average molecular weight is 435 g/mol. The average Bonchev–Trinajstić information content (AvgIpc) is 3.09. The molecule has 3 aromatic rings. The fourth-order valence-corrected chi connectivity index (χ4v) is 4.08. The minimum atomic E-state index is -0.491. The van der Waals surface area contributed by atoms with E-state index in [0.29, 0.717) is 16.8 Å². The molecular weight excluding hydrogens is 412 g/mol. The molecule has 1 heterocycles. The van der Waals surface area contributed by atoms with Gasteiger partial charge in [0, 0.05) is 30.7 Å². The third-order valence-corrected chi connectivity index (χ3v) is 5.40.